The molecule has 1 aliphatic rings. The summed E-state index contributed by atoms with van der Waals surface area (Å²) in [6, 6.07) is 0.599. The summed E-state index contributed by atoms with van der Waals surface area (Å²) in [5, 5.41) is 13.1. The standard InChI is InChI=1S/C15H24N6S/c1-10-11(2)21(13-8-6-5-7-9-13)15(16-10)22-12(3)14-17-18-19-20(14)4/h12-13H,5-9H2,1-4H3/t12-/m1/s1. The summed E-state index contributed by atoms with van der Waals surface area (Å²) in [4.78, 5) is 4.81. The molecule has 0 N–H and O–H groups in total. The second kappa shape index (κ2) is 6.40. The van der Waals surface area contributed by atoms with Gasteiger partial charge >= 0.3 is 0 Å². The van der Waals surface area contributed by atoms with Crippen LogP contribution in [0.5, 0.6) is 0 Å². The van der Waals surface area contributed by atoms with Crippen LogP contribution in [0.2, 0.25) is 0 Å². The molecule has 0 aromatic carbocycles. The minimum Gasteiger partial charge on any atom is -0.320 e. The van der Waals surface area contributed by atoms with Crippen molar-refractivity contribution in [3.05, 3.63) is 17.2 Å². The first kappa shape index (κ1) is 15.5. The van der Waals surface area contributed by atoms with Gasteiger partial charge < -0.3 is 4.57 Å². The highest BCUT2D eigenvalue weighted by atomic mass is 32.2. The number of nitrogens with zero attached hydrogens (tertiary/aromatic N) is 6. The molecule has 0 amide bonds. The number of rotatable bonds is 4. The Balaban J connectivity index is 1.87. The number of aromatic nitrogens is 6. The zero-order chi connectivity index (χ0) is 15.7. The largest absolute Gasteiger partial charge is 0.320 e. The van der Waals surface area contributed by atoms with E-state index in [1.165, 1.54) is 37.8 Å². The predicted molar refractivity (Wildman–Crippen MR) is 86.9 cm³/mol. The number of aryl methyl sites for hydroxylation is 2. The molecule has 1 atom stereocenters. The lowest BCUT2D eigenvalue weighted by molar-refractivity contribution is 0.332. The minimum atomic E-state index is 0.184. The molecular weight excluding hydrogens is 296 g/mol. The lowest BCUT2D eigenvalue weighted by atomic mass is 9.95. The SMILES string of the molecule is Cc1nc(S[C@H](C)c2nnnn2C)n(C2CCCCC2)c1C. The fourth-order valence-electron chi connectivity index (χ4n) is 3.24. The monoisotopic (exact) mass is 320 g/mol. The van der Waals surface area contributed by atoms with E-state index in [9.17, 15) is 0 Å². The van der Waals surface area contributed by atoms with Crippen LogP contribution in [-0.4, -0.2) is 29.8 Å². The third kappa shape index (κ3) is 2.91. The van der Waals surface area contributed by atoms with Crippen molar-refractivity contribution in [3.8, 4) is 0 Å². The maximum atomic E-state index is 4.81. The van der Waals surface area contributed by atoms with Gasteiger partial charge in [0.1, 0.15) is 0 Å². The second-order valence-corrected chi connectivity index (χ2v) is 7.46. The summed E-state index contributed by atoms with van der Waals surface area (Å²) in [6.45, 7) is 6.43. The van der Waals surface area contributed by atoms with Crippen LogP contribution in [0.4, 0.5) is 0 Å². The Hall–Kier alpha value is -1.37. The van der Waals surface area contributed by atoms with Crippen LogP contribution >= 0.6 is 11.8 Å². The molecule has 120 valence electrons. The first-order chi connectivity index (χ1) is 10.6. The van der Waals surface area contributed by atoms with Crippen molar-refractivity contribution >= 4 is 11.8 Å². The summed E-state index contributed by atoms with van der Waals surface area (Å²) < 4.78 is 4.20. The van der Waals surface area contributed by atoms with E-state index in [0.717, 1.165) is 16.7 Å². The van der Waals surface area contributed by atoms with Gasteiger partial charge in [-0.2, -0.15) is 0 Å². The fourth-order valence-corrected chi connectivity index (χ4v) is 4.45. The zero-order valence-electron chi connectivity index (χ0n) is 13.8. The van der Waals surface area contributed by atoms with Crippen LogP contribution in [0.25, 0.3) is 0 Å². The third-order valence-corrected chi connectivity index (χ3v) is 5.66. The fraction of sp³-hybridized carbons (Fsp3) is 0.733. The van der Waals surface area contributed by atoms with Gasteiger partial charge in [0.25, 0.3) is 0 Å². The molecule has 1 fully saturated rings. The van der Waals surface area contributed by atoms with Crippen molar-refractivity contribution in [2.75, 3.05) is 0 Å². The van der Waals surface area contributed by atoms with Crippen LogP contribution in [-0.2, 0) is 7.05 Å². The van der Waals surface area contributed by atoms with Gasteiger partial charge in [0.2, 0.25) is 0 Å². The number of hydrogen-bond donors (Lipinski definition) is 0. The zero-order valence-corrected chi connectivity index (χ0v) is 14.6. The number of hydrogen-bond acceptors (Lipinski definition) is 5. The molecular formula is C15H24N6S. The van der Waals surface area contributed by atoms with Gasteiger partial charge in [-0.3, -0.25) is 0 Å². The Morgan fingerprint density at radius 3 is 2.55 bits per heavy atom. The molecule has 0 aliphatic heterocycles. The lowest BCUT2D eigenvalue weighted by Gasteiger charge is -2.26. The Morgan fingerprint density at radius 1 is 1.18 bits per heavy atom. The lowest BCUT2D eigenvalue weighted by Crippen LogP contribution is -2.15. The number of imidazole rings is 1. The molecule has 0 unspecified atom stereocenters. The van der Waals surface area contributed by atoms with E-state index in [2.05, 4.69) is 40.9 Å². The molecule has 2 aromatic heterocycles. The second-order valence-electron chi connectivity index (χ2n) is 6.15. The van der Waals surface area contributed by atoms with Gasteiger partial charge in [0, 0.05) is 18.8 Å². The molecule has 0 bridgehead atoms. The Kier molecular flexibility index (Phi) is 4.52. The molecule has 1 aliphatic carbocycles. The normalized spacial score (nSPS) is 17.8. The van der Waals surface area contributed by atoms with Crippen LogP contribution in [0, 0.1) is 13.8 Å². The molecule has 0 saturated heterocycles. The van der Waals surface area contributed by atoms with E-state index < -0.39 is 0 Å². The highest BCUT2D eigenvalue weighted by Gasteiger charge is 2.24. The van der Waals surface area contributed by atoms with Gasteiger partial charge in [0.15, 0.2) is 11.0 Å². The van der Waals surface area contributed by atoms with E-state index >= 15 is 0 Å². The summed E-state index contributed by atoms with van der Waals surface area (Å²) >= 11 is 1.76. The Morgan fingerprint density at radius 2 is 1.91 bits per heavy atom. The van der Waals surface area contributed by atoms with Gasteiger partial charge in [-0.1, -0.05) is 31.0 Å². The van der Waals surface area contributed by atoms with Crippen LogP contribution in [0.3, 0.4) is 0 Å². The van der Waals surface area contributed by atoms with Crippen LogP contribution in [0.1, 0.15) is 67.5 Å². The molecule has 0 spiro atoms. The summed E-state index contributed by atoms with van der Waals surface area (Å²) in [5.74, 6) is 0.888. The summed E-state index contributed by atoms with van der Waals surface area (Å²) in [6.07, 6.45) is 6.56. The van der Waals surface area contributed by atoms with Crippen molar-refractivity contribution in [3.63, 3.8) is 0 Å². The maximum Gasteiger partial charge on any atom is 0.169 e. The topological polar surface area (TPSA) is 61.4 Å². The van der Waals surface area contributed by atoms with E-state index in [0.29, 0.717) is 6.04 Å². The molecule has 22 heavy (non-hydrogen) atoms. The van der Waals surface area contributed by atoms with Crippen molar-refractivity contribution in [1.82, 2.24) is 29.8 Å². The predicted octanol–water partition coefficient (Wildman–Crippen LogP) is 3.38. The molecule has 0 radical (unpaired) electrons. The van der Waals surface area contributed by atoms with Crippen molar-refractivity contribution < 1.29 is 0 Å². The molecule has 1 saturated carbocycles. The van der Waals surface area contributed by atoms with E-state index in [4.69, 9.17) is 4.98 Å². The molecule has 3 rings (SSSR count). The Labute approximate surface area is 135 Å². The third-order valence-electron chi connectivity index (χ3n) is 4.59. The number of tetrazole rings is 1. The van der Waals surface area contributed by atoms with Crippen LogP contribution in [0.15, 0.2) is 5.16 Å². The van der Waals surface area contributed by atoms with Gasteiger partial charge in [0.05, 0.1) is 10.9 Å². The first-order valence-electron chi connectivity index (χ1n) is 8.02. The van der Waals surface area contributed by atoms with Crippen molar-refractivity contribution in [1.29, 1.82) is 0 Å². The smallest absolute Gasteiger partial charge is 0.169 e. The van der Waals surface area contributed by atoms with Crippen molar-refractivity contribution in [2.45, 2.75) is 69.3 Å². The average Bonchev–Trinajstić information content (AvgIpc) is 3.05. The van der Waals surface area contributed by atoms with E-state index in [1.807, 2.05) is 7.05 Å². The Bertz CT molecular complexity index is 640. The minimum absolute atomic E-state index is 0.184. The van der Waals surface area contributed by atoms with E-state index in [-0.39, 0.29) is 5.25 Å². The van der Waals surface area contributed by atoms with Gasteiger partial charge in [-0.05, 0) is 44.0 Å². The number of thioether (sulfide) groups is 1. The van der Waals surface area contributed by atoms with E-state index in [1.54, 1.807) is 16.4 Å². The summed E-state index contributed by atoms with van der Waals surface area (Å²) in [5.41, 5.74) is 2.44. The molecule has 6 nitrogen and oxygen atoms in total. The van der Waals surface area contributed by atoms with Crippen molar-refractivity contribution in [2.24, 2.45) is 7.05 Å². The highest BCUT2D eigenvalue weighted by molar-refractivity contribution is 7.99. The first-order valence-corrected chi connectivity index (χ1v) is 8.90. The molecule has 2 aromatic rings. The molecule has 7 heteroatoms. The summed E-state index contributed by atoms with van der Waals surface area (Å²) in [7, 11) is 1.89. The van der Waals surface area contributed by atoms with Gasteiger partial charge in [-0.25, -0.2) is 9.67 Å². The van der Waals surface area contributed by atoms with Gasteiger partial charge in [-0.15, -0.1) is 5.10 Å². The maximum absolute atomic E-state index is 4.81. The molecule has 2 heterocycles. The average molecular weight is 320 g/mol. The highest BCUT2D eigenvalue weighted by Crippen LogP contribution is 2.38. The van der Waals surface area contributed by atoms with Crippen LogP contribution < -0.4 is 0 Å². The quantitative estimate of drug-likeness (QED) is 0.808.